The fourth-order valence-electron chi connectivity index (χ4n) is 3.75. The molecule has 192 valence electrons. The van der Waals surface area contributed by atoms with Crippen molar-refractivity contribution in [2.45, 2.75) is 84.7 Å². The number of likely N-dealkylation sites (tertiary alicyclic amines) is 1. The Balaban J connectivity index is 2.44. The van der Waals surface area contributed by atoms with Crippen molar-refractivity contribution in [3.05, 3.63) is 0 Å². The predicted octanol–water partition coefficient (Wildman–Crippen LogP) is 0.605. The third-order valence-electron chi connectivity index (χ3n) is 5.80. The van der Waals surface area contributed by atoms with Crippen LogP contribution in [-0.2, 0) is 24.0 Å². The molecule has 11 heteroatoms. The SMILES string of the molecule is CC(=O)C(CCCNC(N)=O)NC(=O)C(NC(=O)CCCCCN1C(=O)CC(C)C1=O)C(C)C. The van der Waals surface area contributed by atoms with Gasteiger partial charge in [0.1, 0.15) is 6.04 Å². The Kier molecular flexibility index (Phi) is 12.2. The van der Waals surface area contributed by atoms with Gasteiger partial charge < -0.3 is 21.7 Å². The van der Waals surface area contributed by atoms with E-state index in [1.807, 2.05) is 0 Å². The molecule has 0 aromatic carbocycles. The van der Waals surface area contributed by atoms with Crippen LogP contribution in [0.3, 0.4) is 0 Å². The molecule has 1 fully saturated rings. The van der Waals surface area contributed by atoms with Gasteiger partial charge in [-0.25, -0.2) is 4.79 Å². The third-order valence-corrected chi connectivity index (χ3v) is 5.80. The summed E-state index contributed by atoms with van der Waals surface area (Å²) in [5.41, 5.74) is 5.01. The molecule has 0 aliphatic carbocycles. The zero-order chi connectivity index (χ0) is 25.8. The summed E-state index contributed by atoms with van der Waals surface area (Å²) in [6.07, 6.45) is 3.12. The second kappa shape index (κ2) is 14.3. The maximum Gasteiger partial charge on any atom is 0.312 e. The summed E-state index contributed by atoms with van der Waals surface area (Å²) in [4.78, 5) is 72.8. The average molecular weight is 482 g/mol. The maximum absolute atomic E-state index is 12.8. The quantitative estimate of drug-likeness (QED) is 0.197. The minimum absolute atomic E-state index is 0.137. The maximum atomic E-state index is 12.8. The number of hydrogen-bond donors (Lipinski definition) is 4. The van der Waals surface area contributed by atoms with Crippen LogP contribution in [0.4, 0.5) is 4.79 Å². The molecule has 0 spiro atoms. The van der Waals surface area contributed by atoms with Gasteiger partial charge in [0.15, 0.2) is 5.78 Å². The van der Waals surface area contributed by atoms with Crippen LogP contribution in [-0.4, -0.2) is 65.5 Å². The summed E-state index contributed by atoms with van der Waals surface area (Å²) < 4.78 is 0. The van der Waals surface area contributed by atoms with Gasteiger partial charge >= 0.3 is 6.03 Å². The van der Waals surface area contributed by atoms with Gasteiger partial charge in [-0.1, -0.05) is 27.2 Å². The van der Waals surface area contributed by atoms with Gasteiger partial charge in [-0.15, -0.1) is 0 Å². The molecule has 5 N–H and O–H groups in total. The topological polar surface area (TPSA) is 168 Å². The molecular weight excluding hydrogens is 442 g/mol. The van der Waals surface area contributed by atoms with Crippen molar-refractivity contribution in [3.8, 4) is 0 Å². The average Bonchev–Trinajstić information content (AvgIpc) is 2.98. The number of hydrogen-bond acceptors (Lipinski definition) is 6. The lowest BCUT2D eigenvalue weighted by molar-refractivity contribution is -0.139. The Hall–Kier alpha value is -2.98. The number of urea groups is 1. The number of carbonyl (C=O) groups is 6. The molecule has 1 rings (SSSR count). The Bertz CT molecular complexity index is 769. The van der Waals surface area contributed by atoms with Gasteiger partial charge in [0.05, 0.1) is 6.04 Å². The van der Waals surface area contributed by atoms with Crippen molar-refractivity contribution < 1.29 is 28.8 Å². The molecule has 0 aromatic heterocycles. The summed E-state index contributed by atoms with van der Waals surface area (Å²) in [6, 6.07) is -2.17. The number of ketones is 1. The number of primary amides is 1. The van der Waals surface area contributed by atoms with Crippen LogP contribution >= 0.6 is 0 Å². The number of amides is 6. The van der Waals surface area contributed by atoms with Crippen molar-refractivity contribution in [2.75, 3.05) is 13.1 Å². The van der Waals surface area contributed by atoms with E-state index in [-0.39, 0.29) is 48.2 Å². The van der Waals surface area contributed by atoms with Crippen LogP contribution in [0.1, 0.15) is 72.6 Å². The lowest BCUT2D eigenvalue weighted by Crippen LogP contribution is -2.53. The summed E-state index contributed by atoms with van der Waals surface area (Å²) in [6.45, 7) is 7.37. The standard InChI is InChI=1S/C23H39N5O6/c1-14(2)20(21(32)26-17(16(4)29)9-8-11-25-23(24)34)27-18(30)10-6-5-7-12-28-19(31)13-15(3)22(28)33/h14-15,17,20H,5-13H2,1-4H3,(H,26,32)(H,27,30)(H3,24,25,34). The number of imide groups is 1. The van der Waals surface area contributed by atoms with Crippen molar-refractivity contribution in [3.63, 3.8) is 0 Å². The van der Waals surface area contributed by atoms with E-state index in [0.717, 1.165) is 0 Å². The van der Waals surface area contributed by atoms with Crippen molar-refractivity contribution >= 4 is 35.4 Å². The fraction of sp³-hybridized carbons (Fsp3) is 0.739. The van der Waals surface area contributed by atoms with Crippen LogP contribution in [0.15, 0.2) is 0 Å². The lowest BCUT2D eigenvalue weighted by atomic mass is 10.0. The van der Waals surface area contributed by atoms with Gasteiger partial charge in [0.2, 0.25) is 23.6 Å². The molecule has 6 amide bonds. The Morgan fingerprint density at radius 1 is 1.06 bits per heavy atom. The first kappa shape index (κ1) is 29.1. The van der Waals surface area contributed by atoms with Gasteiger partial charge in [-0.05, 0) is 38.5 Å². The highest BCUT2D eigenvalue weighted by Crippen LogP contribution is 2.19. The zero-order valence-electron chi connectivity index (χ0n) is 20.6. The van der Waals surface area contributed by atoms with Crippen LogP contribution in [0.2, 0.25) is 0 Å². The first-order valence-corrected chi connectivity index (χ1v) is 11.9. The van der Waals surface area contributed by atoms with Gasteiger partial charge in [0.25, 0.3) is 0 Å². The van der Waals surface area contributed by atoms with E-state index in [1.165, 1.54) is 11.8 Å². The molecule has 1 heterocycles. The summed E-state index contributed by atoms with van der Waals surface area (Å²) in [5, 5.41) is 7.87. The molecule has 3 unspecified atom stereocenters. The normalized spacial score (nSPS) is 17.4. The predicted molar refractivity (Wildman–Crippen MR) is 125 cm³/mol. The van der Waals surface area contributed by atoms with Gasteiger partial charge in [-0.3, -0.25) is 28.9 Å². The Morgan fingerprint density at radius 3 is 2.26 bits per heavy atom. The number of unbranched alkanes of at least 4 members (excludes halogenated alkanes) is 2. The van der Waals surface area contributed by atoms with E-state index in [0.29, 0.717) is 45.2 Å². The molecule has 3 atom stereocenters. The molecule has 0 saturated carbocycles. The minimum atomic E-state index is -0.792. The number of nitrogens with zero attached hydrogens (tertiary/aromatic N) is 1. The highest BCUT2D eigenvalue weighted by molar-refractivity contribution is 6.03. The molecule has 1 aliphatic rings. The molecule has 0 aromatic rings. The van der Waals surface area contributed by atoms with Crippen LogP contribution < -0.4 is 21.7 Å². The number of Topliss-reactive ketones (excluding diaryl/α,β-unsaturated/α-hetero) is 1. The second-order valence-electron chi connectivity index (χ2n) is 9.19. The molecule has 0 radical (unpaired) electrons. The number of nitrogens with two attached hydrogens (primary N) is 1. The van der Waals surface area contributed by atoms with Crippen LogP contribution in [0, 0.1) is 11.8 Å². The third kappa shape index (κ3) is 9.88. The minimum Gasteiger partial charge on any atom is -0.352 e. The van der Waals surface area contributed by atoms with E-state index in [9.17, 15) is 28.8 Å². The Labute approximate surface area is 200 Å². The molecule has 34 heavy (non-hydrogen) atoms. The molecule has 0 bridgehead atoms. The van der Waals surface area contributed by atoms with E-state index >= 15 is 0 Å². The van der Waals surface area contributed by atoms with Gasteiger partial charge in [-0.2, -0.15) is 0 Å². The Morgan fingerprint density at radius 2 is 1.74 bits per heavy atom. The highest BCUT2D eigenvalue weighted by atomic mass is 16.2. The van der Waals surface area contributed by atoms with Crippen LogP contribution in [0.25, 0.3) is 0 Å². The molecule has 11 nitrogen and oxygen atoms in total. The van der Waals surface area contributed by atoms with Gasteiger partial charge in [0, 0.05) is 31.8 Å². The molecule has 1 saturated heterocycles. The number of carbonyl (C=O) groups excluding carboxylic acids is 6. The first-order chi connectivity index (χ1) is 15.9. The second-order valence-corrected chi connectivity index (χ2v) is 9.19. The fourth-order valence-corrected chi connectivity index (χ4v) is 3.75. The molecular formula is C23H39N5O6. The van der Waals surface area contributed by atoms with Crippen LogP contribution in [0.5, 0.6) is 0 Å². The smallest absolute Gasteiger partial charge is 0.312 e. The number of rotatable bonds is 15. The monoisotopic (exact) mass is 481 g/mol. The highest BCUT2D eigenvalue weighted by Gasteiger charge is 2.34. The summed E-state index contributed by atoms with van der Waals surface area (Å²) in [7, 11) is 0. The van der Waals surface area contributed by atoms with E-state index < -0.39 is 24.0 Å². The van der Waals surface area contributed by atoms with E-state index in [1.54, 1.807) is 20.8 Å². The first-order valence-electron chi connectivity index (χ1n) is 11.9. The zero-order valence-corrected chi connectivity index (χ0v) is 20.6. The van der Waals surface area contributed by atoms with E-state index in [2.05, 4.69) is 16.0 Å². The van der Waals surface area contributed by atoms with E-state index in [4.69, 9.17) is 5.73 Å². The molecule has 1 aliphatic heterocycles. The van der Waals surface area contributed by atoms with Crippen molar-refractivity contribution in [1.29, 1.82) is 0 Å². The van der Waals surface area contributed by atoms with Crippen molar-refractivity contribution in [2.24, 2.45) is 17.6 Å². The summed E-state index contributed by atoms with van der Waals surface area (Å²) in [5.74, 6) is -1.66. The number of nitrogens with one attached hydrogen (secondary N) is 3. The largest absolute Gasteiger partial charge is 0.352 e. The summed E-state index contributed by atoms with van der Waals surface area (Å²) >= 11 is 0. The lowest BCUT2D eigenvalue weighted by Gasteiger charge is -2.24. The van der Waals surface area contributed by atoms with Crippen molar-refractivity contribution in [1.82, 2.24) is 20.9 Å².